The highest BCUT2D eigenvalue weighted by Gasteiger charge is 2.33. The number of benzene rings is 1. The first-order valence-electron chi connectivity index (χ1n) is 8.34. The zero-order valence-corrected chi connectivity index (χ0v) is 14.7. The van der Waals surface area contributed by atoms with E-state index in [1.807, 2.05) is 6.07 Å². The summed E-state index contributed by atoms with van der Waals surface area (Å²) in [4.78, 5) is 28.4. The van der Waals surface area contributed by atoms with E-state index in [0.29, 0.717) is 29.9 Å². The second kappa shape index (κ2) is 7.86. The highest BCUT2D eigenvalue weighted by Crippen LogP contribution is 2.34. The Kier molecular flexibility index (Phi) is 5.36. The number of ether oxygens (including phenoxy) is 2. The highest BCUT2D eigenvalue weighted by atomic mass is 16.5. The number of nitrogens with zero attached hydrogens (tertiary/aromatic N) is 1. The second-order valence-corrected chi connectivity index (χ2v) is 6.01. The second-order valence-electron chi connectivity index (χ2n) is 6.01. The zero-order chi connectivity index (χ0) is 18.5. The Bertz CT molecular complexity index is 795. The Morgan fingerprint density at radius 3 is 2.65 bits per heavy atom. The van der Waals surface area contributed by atoms with Gasteiger partial charge in [-0.25, -0.2) is 0 Å². The monoisotopic (exact) mass is 355 g/mol. The van der Waals surface area contributed by atoms with E-state index >= 15 is 0 Å². The van der Waals surface area contributed by atoms with Crippen molar-refractivity contribution in [3.63, 3.8) is 0 Å². The van der Waals surface area contributed by atoms with Gasteiger partial charge in [0.1, 0.15) is 11.5 Å². The minimum absolute atomic E-state index is 0.0534. The summed E-state index contributed by atoms with van der Waals surface area (Å²) in [5, 5.41) is 5.98. The standard InChI is InChI=1S/C19H21N3O4/c1-25-13-3-4-14(16(11-13)26-2)18-15(5-6-17(23)22-18)21-19(24)12-7-9-20-10-8-12/h3-4,7-11,15,18H,5-6H2,1-2H3,(H,21,24)(H,22,23). The molecule has 3 rings (SSSR count). The van der Waals surface area contributed by atoms with Crippen molar-refractivity contribution in [2.24, 2.45) is 0 Å². The molecule has 26 heavy (non-hydrogen) atoms. The van der Waals surface area contributed by atoms with E-state index in [1.165, 1.54) is 0 Å². The van der Waals surface area contributed by atoms with Crippen LogP contribution >= 0.6 is 0 Å². The number of nitrogens with one attached hydrogen (secondary N) is 2. The molecular weight excluding hydrogens is 334 g/mol. The first-order chi connectivity index (χ1) is 12.6. The molecule has 2 N–H and O–H groups in total. The van der Waals surface area contributed by atoms with Crippen LogP contribution in [-0.2, 0) is 4.79 Å². The molecule has 0 bridgehead atoms. The molecule has 0 saturated carbocycles. The van der Waals surface area contributed by atoms with Crippen molar-refractivity contribution < 1.29 is 19.1 Å². The lowest BCUT2D eigenvalue weighted by Crippen LogP contribution is -2.50. The molecule has 136 valence electrons. The third-order valence-electron chi connectivity index (χ3n) is 4.44. The van der Waals surface area contributed by atoms with Gasteiger partial charge in [-0.2, -0.15) is 0 Å². The van der Waals surface area contributed by atoms with E-state index in [2.05, 4.69) is 15.6 Å². The maximum atomic E-state index is 12.5. The van der Waals surface area contributed by atoms with Gasteiger partial charge in [-0.3, -0.25) is 14.6 Å². The lowest BCUT2D eigenvalue weighted by Gasteiger charge is -2.34. The summed E-state index contributed by atoms with van der Waals surface area (Å²) < 4.78 is 10.7. The SMILES string of the molecule is COc1ccc(C2NC(=O)CCC2NC(=O)c2ccncc2)c(OC)c1. The van der Waals surface area contributed by atoms with Crippen molar-refractivity contribution >= 4 is 11.8 Å². The molecule has 2 aromatic rings. The number of amides is 2. The molecule has 1 saturated heterocycles. The molecule has 0 radical (unpaired) electrons. The number of aromatic nitrogens is 1. The lowest BCUT2D eigenvalue weighted by atomic mass is 9.91. The number of piperidine rings is 1. The summed E-state index contributed by atoms with van der Waals surface area (Å²) in [6.45, 7) is 0. The van der Waals surface area contributed by atoms with Crippen LogP contribution in [0.5, 0.6) is 11.5 Å². The molecule has 7 nitrogen and oxygen atoms in total. The number of rotatable bonds is 5. The van der Waals surface area contributed by atoms with Gasteiger partial charge in [0.25, 0.3) is 5.91 Å². The van der Waals surface area contributed by atoms with Crippen molar-refractivity contribution in [2.75, 3.05) is 14.2 Å². The summed E-state index contributed by atoms with van der Waals surface area (Å²) in [5.74, 6) is 0.998. The van der Waals surface area contributed by atoms with E-state index < -0.39 is 0 Å². The average molecular weight is 355 g/mol. The number of pyridine rings is 1. The average Bonchev–Trinajstić information content (AvgIpc) is 2.69. The molecule has 1 aliphatic heterocycles. The maximum absolute atomic E-state index is 12.5. The van der Waals surface area contributed by atoms with Crippen LogP contribution in [0.3, 0.4) is 0 Å². The number of hydrogen-bond donors (Lipinski definition) is 2. The van der Waals surface area contributed by atoms with Crippen molar-refractivity contribution in [3.8, 4) is 11.5 Å². The summed E-state index contributed by atoms with van der Waals surface area (Å²) >= 11 is 0. The van der Waals surface area contributed by atoms with Crippen molar-refractivity contribution in [3.05, 3.63) is 53.9 Å². The topological polar surface area (TPSA) is 89.6 Å². The van der Waals surface area contributed by atoms with Crippen molar-refractivity contribution in [1.29, 1.82) is 0 Å². The van der Waals surface area contributed by atoms with Crippen molar-refractivity contribution in [1.82, 2.24) is 15.6 Å². The van der Waals surface area contributed by atoms with Gasteiger partial charge < -0.3 is 20.1 Å². The van der Waals surface area contributed by atoms with Gasteiger partial charge >= 0.3 is 0 Å². The molecule has 2 amide bonds. The molecule has 2 heterocycles. The summed E-state index contributed by atoms with van der Waals surface area (Å²) in [6, 6.07) is 8.08. The van der Waals surface area contributed by atoms with Crippen LogP contribution in [0.25, 0.3) is 0 Å². The number of methoxy groups -OCH3 is 2. The van der Waals surface area contributed by atoms with Gasteiger partial charge in [0.05, 0.1) is 26.3 Å². The molecule has 1 fully saturated rings. The predicted octanol–water partition coefficient (Wildman–Crippen LogP) is 1.85. The molecule has 2 atom stereocenters. The fourth-order valence-electron chi connectivity index (χ4n) is 3.08. The summed E-state index contributed by atoms with van der Waals surface area (Å²) in [7, 11) is 3.14. The van der Waals surface area contributed by atoms with E-state index in [9.17, 15) is 9.59 Å². The Hall–Kier alpha value is -3.09. The van der Waals surface area contributed by atoms with E-state index in [-0.39, 0.29) is 23.9 Å². The van der Waals surface area contributed by atoms with Gasteiger partial charge in [-0.05, 0) is 30.7 Å². The van der Waals surface area contributed by atoms with Crippen LogP contribution in [0.15, 0.2) is 42.7 Å². The van der Waals surface area contributed by atoms with Crippen LogP contribution in [0, 0.1) is 0 Å². The fraction of sp³-hybridized carbons (Fsp3) is 0.316. The van der Waals surface area contributed by atoms with Crippen LogP contribution in [-0.4, -0.2) is 37.1 Å². The predicted molar refractivity (Wildman–Crippen MR) is 95.2 cm³/mol. The van der Waals surface area contributed by atoms with E-state index in [1.54, 1.807) is 50.9 Å². The molecule has 0 aliphatic carbocycles. The smallest absolute Gasteiger partial charge is 0.251 e. The molecule has 2 unspecified atom stereocenters. The van der Waals surface area contributed by atoms with Gasteiger partial charge in [-0.15, -0.1) is 0 Å². The molecule has 1 aromatic carbocycles. The lowest BCUT2D eigenvalue weighted by molar-refractivity contribution is -0.123. The largest absolute Gasteiger partial charge is 0.497 e. The maximum Gasteiger partial charge on any atom is 0.251 e. The molecule has 1 aromatic heterocycles. The Labute approximate surface area is 151 Å². The van der Waals surface area contributed by atoms with Crippen LogP contribution in [0.1, 0.15) is 34.8 Å². The Morgan fingerprint density at radius 2 is 1.96 bits per heavy atom. The minimum atomic E-state index is -0.386. The number of hydrogen-bond acceptors (Lipinski definition) is 5. The van der Waals surface area contributed by atoms with Gasteiger partial charge in [0.15, 0.2) is 0 Å². The molecule has 0 spiro atoms. The van der Waals surface area contributed by atoms with Crippen LogP contribution < -0.4 is 20.1 Å². The molecule has 1 aliphatic rings. The first kappa shape index (κ1) is 17.7. The van der Waals surface area contributed by atoms with Gasteiger partial charge in [-0.1, -0.05) is 0 Å². The Balaban J connectivity index is 1.87. The summed E-state index contributed by atoms with van der Waals surface area (Å²) in [6.07, 6.45) is 4.04. The molecular formula is C19H21N3O4. The third kappa shape index (κ3) is 3.77. The normalized spacial score (nSPS) is 19.4. The first-order valence-corrected chi connectivity index (χ1v) is 8.34. The quantitative estimate of drug-likeness (QED) is 0.854. The van der Waals surface area contributed by atoms with E-state index in [4.69, 9.17) is 9.47 Å². The van der Waals surface area contributed by atoms with Crippen LogP contribution in [0.4, 0.5) is 0 Å². The number of carbonyl (C=O) groups is 2. The van der Waals surface area contributed by atoms with E-state index in [0.717, 1.165) is 5.56 Å². The van der Waals surface area contributed by atoms with Gasteiger partial charge in [0.2, 0.25) is 5.91 Å². The summed E-state index contributed by atoms with van der Waals surface area (Å²) in [5.41, 5.74) is 1.32. The highest BCUT2D eigenvalue weighted by molar-refractivity contribution is 5.94. The van der Waals surface area contributed by atoms with Crippen molar-refractivity contribution in [2.45, 2.75) is 24.9 Å². The molecule has 7 heteroatoms. The van der Waals surface area contributed by atoms with Gasteiger partial charge in [0, 0.05) is 36.0 Å². The minimum Gasteiger partial charge on any atom is -0.497 e. The number of carbonyl (C=O) groups excluding carboxylic acids is 2. The zero-order valence-electron chi connectivity index (χ0n) is 14.7. The van der Waals surface area contributed by atoms with Crippen LogP contribution in [0.2, 0.25) is 0 Å². The third-order valence-corrected chi connectivity index (χ3v) is 4.44. The fourth-order valence-corrected chi connectivity index (χ4v) is 3.08. The Morgan fingerprint density at radius 1 is 1.19 bits per heavy atom.